The minimum absolute atomic E-state index is 0.119. The van der Waals surface area contributed by atoms with Crippen molar-refractivity contribution in [2.24, 2.45) is 5.92 Å². The highest BCUT2D eigenvalue weighted by Gasteiger charge is 2.27. The largest absolute Gasteiger partial charge is 0.345 e. The molecule has 9 heteroatoms. The van der Waals surface area contributed by atoms with Gasteiger partial charge in [0.1, 0.15) is 6.54 Å². The molecule has 0 bridgehead atoms. The highest BCUT2D eigenvalue weighted by Crippen LogP contribution is 2.22. The maximum absolute atomic E-state index is 13.6. The Kier molecular flexibility index (Phi) is 9.69. The molecular weight excluding hydrogens is 504 g/mol. The quantitative estimate of drug-likeness (QED) is 0.223. The molecule has 3 aromatic rings. The smallest absolute Gasteiger partial charge is 0.273 e. The minimum Gasteiger partial charge on any atom is -0.345 e. The van der Waals surface area contributed by atoms with Crippen molar-refractivity contribution in [2.75, 3.05) is 13.1 Å². The first-order chi connectivity index (χ1) is 18.0. The zero-order valence-corrected chi connectivity index (χ0v) is 23.3. The van der Waals surface area contributed by atoms with Crippen molar-refractivity contribution in [2.45, 2.75) is 53.8 Å². The summed E-state index contributed by atoms with van der Waals surface area (Å²) < 4.78 is 2.07. The third-order valence-electron chi connectivity index (χ3n) is 6.36. The highest BCUT2D eigenvalue weighted by atomic mass is 35.5. The van der Waals surface area contributed by atoms with Crippen LogP contribution < -0.4 is 0 Å². The normalized spacial score (nSPS) is 11.2. The topological polar surface area (TPSA) is 88.7 Å². The van der Waals surface area contributed by atoms with Gasteiger partial charge in [0.05, 0.1) is 11.5 Å². The van der Waals surface area contributed by atoms with Crippen LogP contribution in [-0.2, 0) is 17.9 Å². The number of aryl methyl sites for hydroxylation is 1. The van der Waals surface area contributed by atoms with Gasteiger partial charge < -0.3 is 14.4 Å². The number of carbonyl (C=O) groups is 2. The SMILES string of the molecule is Cc1ccc(C(=O)N(CC(=O)N(Cc2cccn2Cc2ccccc2Cl)CC(C)C)C(C)C)cc1[N+](=O)[O-]. The molecule has 0 aliphatic heterocycles. The molecule has 1 heterocycles. The second kappa shape index (κ2) is 12.7. The fraction of sp³-hybridized carbons (Fsp3) is 0.379. The third kappa shape index (κ3) is 7.22. The molecule has 0 aliphatic rings. The zero-order chi connectivity index (χ0) is 28.0. The monoisotopic (exact) mass is 538 g/mol. The van der Waals surface area contributed by atoms with Gasteiger partial charge in [-0.25, -0.2) is 0 Å². The van der Waals surface area contributed by atoms with Gasteiger partial charge in [-0.15, -0.1) is 0 Å². The predicted octanol–water partition coefficient (Wildman–Crippen LogP) is 5.94. The van der Waals surface area contributed by atoms with Crippen LogP contribution >= 0.6 is 11.6 Å². The molecule has 0 radical (unpaired) electrons. The minimum atomic E-state index is -0.501. The molecule has 38 heavy (non-hydrogen) atoms. The summed E-state index contributed by atoms with van der Waals surface area (Å²) in [6, 6.07) is 15.7. The fourth-order valence-electron chi connectivity index (χ4n) is 4.29. The lowest BCUT2D eigenvalue weighted by atomic mass is 10.1. The maximum Gasteiger partial charge on any atom is 0.273 e. The number of amides is 2. The maximum atomic E-state index is 13.6. The molecule has 3 rings (SSSR count). The number of hydrogen-bond donors (Lipinski definition) is 0. The van der Waals surface area contributed by atoms with E-state index in [0.29, 0.717) is 30.2 Å². The number of rotatable bonds is 11. The van der Waals surface area contributed by atoms with E-state index < -0.39 is 10.8 Å². The molecule has 0 saturated carbocycles. The summed E-state index contributed by atoms with van der Waals surface area (Å²) in [5.41, 5.74) is 2.48. The summed E-state index contributed by atoms with van der Waals surface area (Å²) in [5, 5.41) is 12.1. The average Bonchev–Trinajstić information content (AvgIpc) is 3.29. The van der Waals surface area contributed by atoms with Crippen molar-refractivity contribution in [1.82, 2.24) is 14.4 Å². The van der Waals surface area contributed by atoms with Crippen molar-refractivity contribution < 1.29 is 14.5 Å². The molecular formula is C29H35ClN4O4. The van der Waals surface area contributed by atoms with Gasteiger partial charge in [-0.1, -0.05) is 49.7 Å². The van der Waals surface area contributed by atoms with E-state index in [2.05, 4.69) is 4.57 Å². The molecule has 0 spiro atoms. The first-order valence-electron chi connectivity index (χ1n) is 12.7. The van der Waals surface area contributed by atoms with Crippen molar-refractivity contribution >= 4 is 29.1 Å². The van der Waals surface area contributed by atoms with Crippen LogP contribution in [0.3, 0.4) is 0 Å². The zero-order valence-electron chi connectivity index (χ0n) is 22.6. The van der Waals surface area contributed by atoms with Gasteiger partial charge in [0.25, 0.3) is 11.6 Å². The molecule has 0 saturated heterocycles. The first-order valence-corrected chi connectivity index (χ1v) is 13.1. The number of benzene rings is 2. The van der Waals surface area contributed by atoms with Gasteiger partial charge in [-0.2, -0.15) is 0 Å². The number of aromatic nitrogens is 1. The molecule has 8 nitrogen and oxygen atoms in total. The third-order valence-corrected chi connectivity index (χ3v) is 6.72. The molecule has 2 amide bonds. The van der Waals surface area contributed by atoms with Crippen molar-refractivity contribution in [3.05, 3.63) is 98.3 Å². The standard InChI is InChI=1S/C29H35ClN4O4/c1-20(2)16-32(18-25-10-8-14-31(25)17-24-9-6-7-11-26(24)30)28(35)19-33(21(3)4)29(36)23-13-12-22(5)27(15-23)34(37)38/h6-15,20-21H,16-19H2,1-5H3. The molecule has 202 valence electrons. The summed E-state index contributed by atoms with van der Waals surface area (Å²) in [6.07, 6.45) is 1.96. The summed E-state index contributed by atoms with van der Waals surface area (Å²) in [5.74, 6) is -0.384. The lowest BCUT2D eigenvalue weighted by Gasteiger charge is -2.31. The van der Waals surface area contributed by atoms with Crippen LogP contribution in [0.4, 0.5) is 5.69 Å². The number of halogens is 1. The van der Waals surface area contributed by atoms with E-state index in [-0.39, 0.29) is 35.7 Å². The second-order valence-corrected chi connectivity index (χ2v) is 10.6. The van der Waals surface area contributed by atoms with Crippen molar-refractivity contribution in [3.8, 4) is 0 Å². The van der Waals surface area contributed by atoms with Crippen LogP contribution in [-0.4, -0.2) is 50.2 Å². The lowest BCUT2D eigenvalue weighted by molar-refractivity contribution is -0.385. The van der Waals surface area contributed by atoms with E-state index in [1.165, 1.54) is 11.0 Å². The van der Waals surface area contributed by atoms with E-state index in [0.717, 1.165) is 11.3 Å². The second-order valence-electron chi connectivity index (χ2n) is 10.2. The number of carbonyl (C=O) groups excluding carboxylic acids is 2. The molecule has 0 fully saturated rings. The summed E-state index contributed by atoms with van der Waals surface area (Å²) in [6.45, 7) is 10.7. The van der Waals surface area contributed by atoms with Gasteiger partial charge >= 0.3 is 0 Å². The van der Waals surface area contributed by atoms with Gasteiger partial charge in [-0.05, 0) is 56.5 Å². The predicted molar refractivity (Wildman–Crippen MR) is 149 cm³/mol. The van der Waals surface area contributed by atoms with Gasteiger partial charge in [0, 0.05) is 53.2 Å². The van der Waals surface area contributed by atoms with Gasteiger partial charge in [-0.3, -0.25) is 19.7 Å². The van der Waals surface area contributed by atoms with Gasteiger partial charge in [0.2, 0.25) is 5.91 Å². The van der Waals surface area contributed by atoms with Crippen LogP contribution in [0.25, 0.3) is 0 Å². The van der Waals surface area contributed by atoms with Crippen LogP contribution in [0.2, 0.25) is 5.02 Å². The molecule has 2 aromatic carbocycles. The van der Waals surface area contributed by atoms with Crippen LogP contribution in [0.15, 0.2) is 60.8 Å². The van der Waals surface area contributed by atoms with E-state index in [9.17, 15) is 19.7 Å². The number of nitro benzene ring substituents is 1. The average molecular weight is 539 g/mol. The Hall–Kier alpha value is -3.65. The summed E-state index contributed by atoms with van der Waals surface area (Å²) in [4.78, 5) is 41.1. The molecule has 0 N–H and O–H groups in total. The van der Waals surface area contributed by atoms with E-state index in [1.54, 1.807) is 24.0 Å². The van der Waals surface area contributed by atoms with E-state index >= 15 is 0 Å². The Morgan fingerprint density at radius 1 is 1.05 bits per heavy atom. The number of hydrogen-bond acceptors (Lipinski definition) is 4. The summed E-state index contributed by atoms with van der Waals surface area (Å²) >= 11 is 6.37. The van der Waals surface area contributed by atoms with E-state index in [4.69, 9.17) is 11.6 Å². The van der Waals surface area contributed by atoms with Crippen LogP contribution in [0.5, 0.6) is 0 Å². The van der Waals surface area contributed by atoms with E-state index in [1.807, 2.05) is 70.3 Å². The Morgan fingerprint density at radius 3 is 2.39 bits per heavy atom. The van der Waals surface area contributed by atoms with Gasteiger partial charge in [0.15, 0.2) is 0 Å². The Morgan fingerprint density at radius 2 is 1.76 bits per heavy atom. The van der Waals surface area contributed by atoms with Crippen LogP contribution in [0.1, 0.15) is 54.9 Å². The molecule has 1 aromatic heterocycles. The van der Waals surface area contributed by atoms with Crippen LogP contribution in [0, 0.1) is 23.0 Å². The Bertz CT molecular complexity index is 1300. The number of nitrogens with zero attached hydrogens (tertiary/aromatic N) is 4. The first kappa shape index (κ1) is 28.9. The lowest BCUT2D eigenvalue weighted by Crippen LogP contribution is -2.46. The number of nitro groups is 1. The molecule has 0 unspecified atom stereocenters. The Balaban J connectivity index is 1.82. The highest BCUT2D eigenvalue weighted by molar-refractivity contribution is 6.31. The van der Waals surface area contributed by atoms with Crippen molar-refractivity contribution in [1.29, 1.82) is 0 Å². The van der Waals surface area contributed by atoms with Crippen molar-refractivity contribution in [3.63, 3.8) is 0 Å². The Labute approximate surface area is 229 Å². The summed E-state index contributed by atoms with van der Waals surface area (Å²) in [7, 11) is 0. The molecule has 0 atom stereocenters. The molecule has 0 aliphatic carbocycles. The fourth-order valence-corrected chi connectivity index (χ4v) is 4.48.